The van der Waals surface area contributed by atoms with Crippen molar-refractivity contribution in [2.24, 2.45) is 5.92 Å². The second-order valence-electron chi connectivity index (χ2n) is 6.56. The highest BCUT2D eigenvalue weighted by molar-refractivity contribution is 5.77. The van der Waals surface area contributed by atoms with Gasteiger partial charge in [-0.15, -0.1) is 0 Å². The number of piperidine rings is 1. The molecule has 3 atom stereocenters. The Hall–Kier alpha value is -0.610. The lowest BCUT2D eigenvalue weighted by Gasteiger charge is -2.39. The van der Waals surface area contributed by atoms with Crippen LogP contribution < -0.4 is 5.32 Å². The van der Waals surface area contributed by atoms with E-state index in [2.05, 4.69) is 22.0 Å². The van der Waals surface area contributed by atoms with Crippen LogP contribution in [0.5, 0.6) is 0 Å². The van der Waals surface area contributed by atoms with Gasteiger partial charge in [-0.25, -0.2) is 0 Å². The normalized spacial score (nSPS) is 36.3. The zero-order valence-electron chi connectivity index (χ0n) is 12.1. The summed E-state index contributed by atoms with van der Waals surface area (Å²) in [5.41, 5.74) is 0. The molecule has 3 aliphatic rings. The molecular formula is C15H27N3O. The summed E-state index contributed by atoms with van der Waals surface area (Å²) in [6.45, 7) is 7.60. The first kappa shape index (κ1) is 13.4. The van der Waals surface area contributed by atoms with Gasteiger partial charge in [0.05, 0.1) is 0 Å². The van der Waals surface area contributed by atoms with Gasteiger partial charge in [0.25, 0.3) is 0 Å². The number of rotatable bonds is 2. The van der Waals surface area contributed by atoms with Crippen LogP contribution in [0, 0.1) is 5.92 Å². The van der Waals surface area contributed by atoms with E-state index in [0.717, 1.165) is 26.2 Å². The van der Waals surface area contributed by atoms with Crippen molar-refractivity contribution >= 4 is 5.91 Å². The number of carbonyl (C=O) groups excluding carboxylic acids is 1. The fourth-order valence-corrected chi connectivity index (χ4v) is 3.92. The number of fused-ring (bicyclic) bond motifs is 1. The Balaban J connectivity index is 1.52. The van der Waals surface area contributed by atoms with E-state index in [1.54, 1.807) is 0 Å². The summed E-state index contributed by atoms with van der Waals surface area (Å²) in [4.78, 5) is 17.1. The summed E-state index contributed by atoms with van der Waals surface area (Å²) in [7, 11) is 0. The first-order chi connectivity index (χ1) is 9.24. The van der Waals surface area contributed by atoms with E-state index in [0.29, 0.717) is 30.3 Å². The lowest BCUT2D eigenvalue weighted by atomic mass is 9.90. The van der Waals surface area contributed by atoms with Gasteiger partial charge in [0, 0.05) is 38.1 Å². The molecule has 3 unspecified atom stereocenters. The van der Waals surface area contributed by atoms with Gasteiger partial charge in [-0.1, -0.05) is 6.92 Å². The van der Waals surface area contributed by atoms with Gasteiger partial charge in [0.15, 0.2) is 0 Å². The van der Waals surface area contributed by atoms with Crippen LogP contribution in [0.1, 0.15) is 39.0 Å². The third-order valence-corrected chi connectivity index (χ3v) is 5.26. The van der Waals surface area contributed by atoms with Gasteiger partial charge in [-0.05, 0) is 44.7 Å². The first-order valence-electron chi connectivity index (χ1n) is 7.99. The average Bonchev–Trinajstić information content (AvgIpc) is 2.88. The Labute approximate surface area is 116 Å². The lowest BCUT2D eigenvalue weighted by Crippen LogP contribution is -2.53. The van der Waals surface area contributed by atoms with Crippen LogP contribution in [0.4, 0.5) is 0 Å². The summed E-state index contributed by atoms with van der Waals surface area (Å²) in [5, 5.41) is 3.53. The molecule has 3 saturated heterocycles. The predicted molar refractivity (Wildman–Crippen MR) is 76.0 cm³/mol. The summed E-state index contributed by atoms with van der Waals surface area (Å²) in [6.07, 6.45) is 5.82. The second-order valence-corrected chi connectivity index (χ2v) is 6.56. The van der Waals surface area contributed by atoms with Crippen molar-refractivity contribution < 1.29 is 4.79 Å². The van der Waals surface area contributed by atoms with Gasteiger partial charge < -0.3 is 10.2 Å². The molecule has 4 nitrogen and oxygen atoms in total. The van der Waals surface area contributed by atoms with Crippen molar-refractivity contribution in [3.8, 4) is 0 Å². The highest BCUT2D eigenvalue weighted by Gasteiger charge is 2.33. The van der Waals surface area contributed by atoms with Crippen molar-refractivity contribution in [3.05, 3.63) is 0 Å². The Morgan fingerprint density at radius 2 is 2.11 bits per heavy atom. The molecule has 0 aromatic carbocycles. The Morgan fingerprint density at radius 1 is 1.21 bits per heavy atom. The zero-order chi connectivity index (χ0) is 13.2. The molecule has 0 saturated carbocycles. The van der Waals surface area contributed by atoms with Crippen molar-refractivity contribution in [2.45, 2.75) is 51.1 Å². The maximum atomic E-state index is 12.5. The molecule has 0 bridgehead atoms. The molecule has 0 aromatic rings. The zero-order valence-corrected chi connectivity index (χ0v) is 12.1. The van der Waals surface area contributed by atoms with E-state index in [-0.39, 0.29) is 0 Å². The SMILES string of the molecule is CC1CCCNC1CC(=O)N1CCN2CCCC2C1. The molecule has 4 heteroatoms. The molecule has 1 amide bonds. The summed E-state index contributed by atoms with van der Waals surface area (Å²) in [6, 6.07) is 1.05. The van der Waals surface area contributed by atoms with Gasteiger partial charge >= 0.3 is 0 Å². The number of carbonyl (C=O) groups is 1. The molecule has 108 valence electrons. The fraction of sp³-hybridized carbons (Fsp3) is 0.933. The Bertz CT molecular complexity index is 333. The predicted octanol–water partition coefficient (Wildman–Crippen LogP) is 1.07. The number of piperazine rings is 1. The largest absolute Gasteiger partial charge is 0.340 e. The van der Waals surface area contributed by atoms with Crippen molar-refractivity contribution in [1.29, 1.82) is 0 Å². The number of hydrogen-bond donors (Lipinski definition) is 1. The fourth-order valence-electron chi connectivity index (χ4n) is 3.92. The maximum absolute atomic E-state index is 12.5. The van der Waals surface area contributed by atoms with E-state index in [4.69, 9.17) is 0 Å². The third-order valence-electron chi connectivity index (χ3n) is 5.26. The standard InChI is InChI=1S/C15H27N3O/c1-12-4-2-6-16-14(12)10-15(19)18-9-8-17-7-3-5-13(17)11-18/h12-14,16H,2-11H2,1H3. The lowest BCUT2D eigenvalue weighted by molar-refractivity contribution is -0.134. The monoisotopic (exact) mass is 265 g/mol. The molecule has 19 heavy (non-hydrogen) atoms. The van der Waals surface area contributed by atoms with Crippen LogP contribution in [0.3, 0.4) is 0 Å². The molecule has 3 rings (SSSR count). The third kappa shape index (κ3) is 2.95. The van der Waals surface area contributed by atoms with E-state index in [1.165, 1.54) is 32.2 Å². The molecule has 0 aromatic heterocycles. The van der Waals surface area contributed by atoms with Crippen LogP contribution in [-0.2, 0) is 4.79 Å². The highest BCUT2D eigenvalue weighted by atomic mass is 16.2. The maximum Gasteiger partial charge on any atom is 0.224 e. The molecule has 3 heterocycles. The van der Waals surface area contributed by atoms with Crippen molar-refractivity contribution in [2.75, 3.05) is 32.7 Å². The summed E-state index contributed by atoms with van der Waals surface area (Å²) in [5.74, 6) is 1.02. The van der Waals surface area contributed by atoms with Crippen LogP contribution in [0.25, 0.3) is 0 Å². The smallest absolute Gasteiger partial charge is 0.224 e. The second kappa shape index (κ2) is 5.80. The number of amides is 1. The van der Waals surface area contributed by atoms with E-state index >= 15 is 0 Å². The molecule has 3 aliphatic heterocycles. The van der Waals surface area contributed by atoms with E-state index in [9.17, 15) is 4.79 Å². The summed E-state index contributed by atoms with van der Waals surface area (Å²) < 4.78 is 0. The Morgan fingerprint density at radius 3 is 2.95 bits per heavy atom. The molecule has 0 aliphatic carbocycles. The molecule has 3 fully saturated rings. The van der Waals surface area contributed by atoms with Crippen molar-refractivity contribution in [3.63, 3.8) is 0 Å². The molecule has 0 spiro atoms. The molecular weight excluding hydrogens is 238 g/mol. The minimum Gasteiger partial charge on any atom is -0.340 e. The Kier molecular flexibility index (Phi) is 4.08. The van der Waals surface area contributed by atoms with Gasteiger partial charge in [-0.2, -0.15) is 0 Å². The highest BCUT2D eigenvalue weighted by Crippen LogP contribution is 2.23. The number of nitrogens with one attached hydrogen (secondary N) is 1. The topological polar surface area (TPSA) is 35.6 Å². The molecule has 1 N–H and O–H groups in total. The quantitative estimate of drug-likeness (QED) is 0.811. The van der Waals surface area contributed by atoms with Crippen LogP contribution in [-0.4, -0.2) is 60.5 Å². The average molecular weight is 265 g/mol. The van der Waals surface area contributed by atoms with Crippen LogP contribution in [0.15, 0.2) is 0 Å². The summed E-state index contributed by atoms with van der Waals surface area (Å²) >= 11 is 0. The minimum atomic E-state index is 0.373. The number of hydrogen-bond acceptors (Lipinski definition) is 3. The van der Waals surface area contributed by atoms with E-state index in [1.807, 2.05) is 0 Å². The first-order valence-corrected chi connectivity index (χ1v) is 7.99. The van der Waals surface area contributed by atoms with Gasteiger partial charge in [-0.3, -0.25) is 9.69 Å². The number of nitrogens with zero attached hydrogens (tertiary/aromatic N) is 2. The van der Waals surface area contributed by atoms with Crippen LogP contribution in [0.2, 0.25) is 0 Å². The van der Waals surface area contributed by atoms with E-state index < -0.39 is 0 Å². The molecule has 0 radical (unpaired) electrons. The van der Waals surface area contributed by atoms with Gasteiger partial charge in [0.1, 0.15) is 0 Å². The van der Waals surface area contributed by atoms with Gasteiger partial charge in [0.2, 0.25) is 5.91 Å². The van der Waals surface area contributed by atoms with Crippen LogP contribution >= 0.6 is 0 Å². The minimum absolute atomic E-state index is 0.373. The van der Waals surface area contributed by atoms with Crippen molar-refractivity contribution in [1.82, 2.24) is 15.1 Å².